The van der Waals surface area contributed by atoms with Gasteiger partial charge in [0.25, 0.3) is 0 Å². The van der Waals surface area contributed by atoms with Crippen molar-refractivity contribution >= 4 is 65.1 Å². The molecule has 38 heavy (non-hydrogen) atoms. The normalized spacial score (nSPS) is 12.6. The molecule has 0 nitrogen and oxygen atoms in total. The second kappa shape index (κ2) is 9.57. The summed E-state index contributed by atoms with van der Waals surface area (Å²) in [5.74, 6) is 0. The predicted molar refractivity (Wildman–Crippen MR) is 170 cm³/mol. The molecule has 0 aliphatic rings. The van der Waals surface area contributed by atoms with Crippen molar-refractivity contribution in [3.05, 3.63) is 143 Å². The molecule has 0 spiro atoms. The van der Waals surface area contributed by atoms with Crippen molar-refractivity contribution < 1.29 is 0 Å². The molecule has 2 aromatic heterocycles. The van der Waals surface area contributed by atoms with E-state index in [9.17, 15) is 0 Å². The number of hydrogen-bond donors (Lipinski definition) is 0. The molecule has 5 aromatic carbocycles. The first-order valence-corrected chi connectivity index (χ1v) is 14.3. The quantitative estimate of drug-likeness (QED) is 0.217. The molecule has 0 fully saturated rings. The SMILES string of the molecule is C=C/C=c1\c(=C/c2ccc(-c3cc4sc5ccccc5c4cc3-c3ccccc3)cc2)sc2ccccc12. The van der Waals surface area contributed by atoms with Crippen LogP contribution in [0.3, 0.4) is 0 Å². The van der Waals surface area contributed by atoms with Gasteiger partial charge in [0.1, 0.15) is 0 Å². The summed E-state index contributed by atoms with van der Waals surface area (Å²) in [6.45, 7) is 3.94. The summed E-state index contributed by atoms with van der Waals surface area (Å²) in [6, 6.07) is 41.8. The molecule has 0 N–H and O–H groups in total. The van der Waals surface area contributed by atoms with Crippen molar-refractivity contribution in [1.29, 1.82) is 0 Å². The first-order valence-electron chi connectivity index (χ1n) is 12.7. The van der Waals surface area contributed by atoms with Crippen LogP contribution >= 0.6 is 22.7 Å². The van der Waals surface area contributed by atoms with Crippen LogP contribution in [0.1, 0.15) is 5.56 Å². The van der Waals surface area contributed by atoms with Crippen LogP contribution in [0.5, 0.6) is 0 Å². The summed E-state index contributed by atoms with van der Waals surface area (Å²) in [6.07, 6.45) is 6.28. The Balaban J connectivity index is 1.39. The van der Waals surface area contributed by atoms with E-state index in [4.69, 9.17) is 0 Å². The minimum Gasteiger partial charge on any atom is -0.135 e. The third kappa shape index (κ3) is 3.99. The lowest BCUT2D eigenvalue weighted by atomic mass is 9.92. The second-order valence-electron chi connectivity index (χ2n) is 9.40. The molecule has 0 amide bonds. The molecule has 0 saturated carbocycles. The summed E-state index contributed by atoms with van der Waals surface area (Å²) in [4.78, 5) is 0. The van der Waals surface area contributed by atoms with Crippen molar-refractivity contribution in [2.45, 2.75) is 0 Å². The Kier molecular flexibility index (Phi) is 5.77. The average molecular weight is 521 g/mol. The van der Waals surface area contributed by atoms with Crippen LogP contribution < -0.4 is 9.75 Å². The lowest BCUT2D eigenvalue weighted by Gasteiger charge is -2.12. The maximum Gasteiger partial charge on any atom is 0.0362 e. The topological polar surface area (TPSA) is 0 Å². The molecule has 7 rings (SSSR count). The number of allylic oxidation sites excluding steroid dienone is 1. The van der Waals surface area contributed by atoms with Crippen LogP contribution in [-0.4, -0.2) is 0 Å². The summed E-state index contributed by atoms with van der Waals surface area (Å²) in [7, 11) is 0. The highest BCUT2D eigenvalue weighted by Gasteiger charge is 2.13. The lowest BCUT2D eigenvalue weighted by molar-refractivity contribution is 1.59. The van der Waals surface area contributed by atoms with Gasteiger partial charge in [-0.2, -0.15) is 0 Å². The Morgan fingerprint density at radius 2 is 1.16 bits per heavy atom. The van der Waals surface area contributed by atoms with Gasteiger partial charge < -0.3 is 0 Å². The highest BCUT2D eigenvalue weighted by atomic mass is 32.1. The monoisotopic (exact) mass is 520 g/mol. The molecule has 0 unspecified atom stereocenters. The number of benzene rings is 5. The van der Waals surface area contributed by atoms with Gasteiger partial charge in [-0.1, -0.05) is 110 Å². The molecule has 180 valence electrons. The third-order valence-electron chi connectivity index (χ3n) is 7.07. The fourth-order valence-corrected chi connectivity index (χ4v) is 7.54. The van der Waals surface area contributed by atoms with Gasteiger partial charge in [-0.15, -0.1) is 22.7 Å². The standard InChI is InChI=1S/C36H24S2/c1-2-10-27-28-13-6-8-15-33(28)37-35(27)21-24-17-19-26(20-18-24)31-23-36-32(29-14-7-9-16-34(29)38-36)22-30(31)25-11-4-3-5-12-25/h2-23H,1H2/b27-10-,35-21+. The van der Waals surface area contributed by atoms with Crippen LogP contribution in [0.2, 0.25) is 0 Å². The molecule has 2 heteroatoms. The Bertz CT molecular complexity index is 2070. The molecular formula is C36H24S2. The van der Waals surface area contributed by atoms with Gasteiger partial charge in [-0.3, -0.25) is 0 Å². The molecule has 0 saturated heterocycles. The number of rotatable bonds is 4. The van der Waals surface area contributed by atoms with Crippen LogP contribution in [0, 0.1) is 0 Å². The van der Waals surface area contributed by atoms with E-state index >= 15 is 0 Å². The van der Waals surface area contributed by atoms with E-state index in [0.29, 0.717) is 0 Å². The van der Waals surface area contributed by atoms with Crippen LogP contribution in [-0.2, 0) is 0 Å². The summed E-state index contributed by atoms with van der Waals surface area (Å²) in [5, 5.41) is 5.18. The van der Waals surface area contributed by atoms with Crippen molar-refractivity contribution in [3.8, 4) is 22.3 Å². The minimum absolute atomic E-state index is 1.20. The zero-order valence-electron chi connectivity index (χ0n) is 20.7. The van der Waals surface area contributed by atoms with E-state index in [2.05, 4.69) is 134 Å². The van der Waals surface area contributed by atoms with Crippen molar-refractivity contribution in [3.63, 3.8) is 0 Å². The van der Waals surface area contributed by atoms with Gasteiger partial charge in [-0.05, 0) is 58.2 Å². The van der Waals surface area contributed by atoms with Crippen LogP contribution in [0.25, 0.3) is 64.7 Å². The lowest BCUT2D eigenvalue weighted by Crippen LogP contribution is -2.18. The Morgan fingerprint density at radius 3 is 1.92 bits per heavy atom. The van der Waals surface area contributed by atoms with Crippen molar-refractivity contribution in [1.82, 2.24) is 0 Å². The predicted octanol–water partition coefficient (Wildman–Crippen LogP) is 9.40. The van der Waals surface area contributed by atoms with Gasteiger partial charge in [-0.25, -0.2) is 0 Å². The fourth-order valence-electron chi connectivity index (χ4n) is 5.26. The fraction of sp³-hybridized carbons (Fsp3) is 0. The average Bonchev–Trinajstić information content (AvgIpc) is 3.51. The van der Waals surface area contributed by atoms with E-state index in [1.807, 2.05) is 28.7 Å². The number of fused-ring (bicyclic) bond motifs is 4. The number of hydrogen-bond acceptors (Lipinski definition) is 2. The number of thiophene rings is 2. The highest BCUT2D eigenvalue weighted by molar-refractivity contribution is 7.25. The van der Waals surface area contributed by atoms with E-state index < -0.39 is 0 Å². The summed E-state index contributed by atoms with van der Waals surface area (Å²) in [5.41, 5.74) is 6.21. The third-order valence-corrected chi connectivity index (χ3v) is 9.34. The van der Waals surface area contributed by atoms with Crippen LogP contribution in [0.4, 0.5) is 0 Å². The zero-order valence-corrected chi connectivity index (χ0v) is 22.4. The summed E-state index contributed by atoms with van der Waals surface area (Å²) >= 11 is 3.70. The summed E-state index contributed by atoms with van der Waals surface area (Å²) < 4.78 is 5.22. The van der Waals surface area contributed by atoms with E-state index in [-0.39, 0.29) is 0 Å². The smallest absolute Gasteiger partial charge is 0.0362 e. The Hall–Kier alpha value is -4.24. The van der Waals surface area contributed by atoms with Gasteiger partial charge in [0.05, 0.1) is 0 Å². The Morgan fingerprint density at radius 1 is 0.526 bits per heavy atom. The first kappa shape index (κ1) is 22.9. The largest absolute Gasteiger partial charge is 0.135 e. The van der Waals surface area contributed by atoms with Gasteiger partial charge in [0.2, 0.25) is 0 Å². The molecule has 0 bridgehead atoms. The Labute approximate surface area is 229 Å². The van der Waals surface area contributed by atoms with Crippen LogP contribution in [0.15, 0.2) is 128 Å². The van der Waals surface area contributed by atoms with E-state index in [0.717, 1.165) is 0 Å². The molecule has 7 aromatic rings. The molecule has 0 aliphatic heterocycles. The molecule has 0 atom stereocenters. The zero-order chi connectivity index (χ0) is 25.5. The van der Waals surface area contributed by atoms with Gasteiger partial charge >= 0.3 is 0 Å². The maximum atomic E-state index is 3.94. The van der Waals surface area contributed by atoms with Crippen molar-refractivity contribution in [2.75, 3.05) is 0 Å². The highest BCUT2D eigenvalue weighted by Crippen LogP contribution is 2.41. The molecule has 0 radical (unpaired) electrons. The van der Waals surface area contributed by atoms with E-state index in [1.54, 1.807) is 0 Å². The molecule has 2 heterocycles. The molecular weight excluding hydrogens is 497 g/mol. The maximum absolute atomic E-state index is 3.94. The first-order chi connectivity index (χ1) is 18.8. The van der Waals surface area contributed by atoms with Gasteiger partial charge in [0, 0.05) is 40.0 Å². The van der Waals surface area contributed by atoms with E-state index in [1.165, 1.54) is 67.8 Å². The van der Waals surface area contributed by atoms with Crippen molar-refractivity contribution in [2.24, 2.45) is 0 Å². The minimum atomic E-state index is 1.20. The molecule has 0 aliphatic carbocycles. The second-order valence-corrected chi connectivity index (χ2v) is 11.6. The van der Waals surface area contributed by atoms with Gasteiger partial charge in [0.15, 0.2) is 0 Å².